The van der Waals surface area contributed by atoms with Crippen molar-refractivity contribution in [2.24, 2.45) is 0 Å². The zero-order valence-electron chi connectivity index (χ0n) is 12.4. The van der Waals surface area contributed by atoms with Crippen LogP contribution in [-0.2, 0) is 6.42 Å². The lowest BCUT2D eigenvalue weighted by Gasteiger charge is -2.21. The molecule has 0 aliphatic carbocycles. The number of ketones is 1. The normalized spacial score (nSPS) is 12.0. The summed E-state index contributed by atoms with van der Waals surface area (Å²) in [5.41, 5.74) is 1.66. The summed E-state index contributed by atoms with van der Waals surface area (Å²) in [6, 6.07) is 23.3. The molecule has 3 aromatic carbocycles. The van der Waals surface area contributed by atoms with E-state index in [4.69, 9.17) is 4.74 Å². The summed E-state index contributed by atoms with van der Waals surface area (Å²) in [7, 11) is 0. The lowest BCUT2D eigenvalue weighted by molar-refractivity contribution is 0.0992. The van der Waals surface area contributed by atoms with Crippen molar-refractivity contribution < 1.29 is 9.53 Å². The molecule has 0 amide bonds. The molecule has 0 bridgehead atoms. The van der Waals surface area contributed by atoms with Crippen molar-refractivity contribution in [1.82, 2.24) is 0 Å². The molecule has 0 aromatic heterocycles. The molecule has 0 radical (unpaired) electrons. The van der Waals surface area contributed by atoms with Crippen LogP contribution in [-0.4, -0.2) is 5.78 Å². The summed E-state index contributed by atoms with van der Waals surface area (Å²) >= 11 is 1.68. The molecule has 1 aliphatic rings. The van der Waals surface area contributed by atoms with Crippen LogP contribution < -0.4 is 4.74 Å². The van der Waals surface area contributed by atoms with Gasteiger partial charge in [-0.1, -0.05) is 66.4 Å². The molecule has 1 aliphatic heterocycles. The topological polar surface area (TPSA) is 26.3 Å². The second-order valence-corrected chi connectivity index (χ2v) is 6.45. The first kappa shape index (κ1) is 14.1. The average molecular weight is 318 g/mol. The van der Waals surface area contributed by atoms with Crippen LogP contribution in [0.1, 0.15) is 15.9 Å². The van der Waals surface area contributed by atoms with E-state index in [1.165, 1.54) is 0 Å². The smallest absolute Gasteiger partial charge is 0.167 e. The molecule has 3 heteroatoms. The fraction of sp³-hybridized carbons (Fsp3) is 0.0500. The van der Waals surface area contributed by atoms with Crippen molar-refractivity contribution in [2.45, 2.75) is 16.2 Å². The molecule has 2 nitrogen and oxygen atoms in total. The molecule has 0 N–H and O–H groups in total. The molecule has 0 spiro atoms. The van der Waals surface area contributed by atoms with E-state index in [0.717, 1.165) is 32.4 Å². The van der Waals surface area contributed by atoms with Crippen LogP contribution in [0.25, 0.3) is 0 Å². The van der Waals surface area contributed by atoms with Crippen LogP contribution in [0, 0.1) is 0 Å². The lowest BCUT2D eigenvalue weighted by atomic mass is 10.0. The van der Waals surface area contributed by atoms with Gasteiger partial charge in [0.05, 0.1) is 9.79 Å². The van der Waals surface area contributed by atoms with Gasteiger partial charge in [0, 0.05) is 17.5 Å². The Labute approximate surface area is 139 Å². The highest BCUT2D eigenvalue weighted by atomic mass is 32.2. The summed E-state index contributed by atoms with van der Waals surface area (Å²) in [6.45, 7) is 0. The average Bonchev–Trinajstić information content (AvgIpc) is 2.61. The number of hydrogen-bond acceptors (Lipinski definition) is 3. The van der Waals surface area contributed by atoms with Gasteiger partial charge in [0.15, 0.2) is 5.78 Å². The molecule has 1 heterocycles. The number of para-hydroxylation sites is 2. The summed E-state index contributed by atoms with van der Waals surface area (Å²) in [5.74, 6) is 1.76. The van der Waals surface area contributed by atoms with E-state index >= 15 is 0 Å². The molecule has 0 saturated heterocycles. The molecule has 3 aromatic rings. The lowest BCUT2D eigenvalue weighted by Crippen LogP contribution is -2.06. The SMILES string of the molecule is O=C(Cc1cccc2c1Oc1ccccc1S2)c1ccccc1. The molecule has 0 atom stereocenters. The number of benzene rings is 3. The number of carbonyl (C=O) groups excluding carboxylic acids is 1. The Morgan fingerprint density at radius 1 is 0.826 bits per heavy atom. The van der Waals surface area contributed by atoms with E-state index in [1.807, 2.05) is 72.8 Å². The van der Waals surface area contributed by atoms with Gasteiger partial charge in [0.25, 0.3) is 0 Å². The van der Waals surface area contributed by atoms with Crippen molar-refractivity contribution >= 4 is 17.5 Å². The maximum absolute atomic E-state index is 12.5. The summed E-state index contributed by atoms with van der Waals surface area (Å²) in [5, 5.41) is 0. The zero-order valence-corrected chi connectivity index (χ0v) is 13.2. The summed E-state index contributed by atoms with van der Waals surface area (Å²) in [6.07, 6.45) is 0.343. The van der Waals surface area contributed by atoms with Crippen molar-refractivity contribution in [3.8, 4) is 11.5 Å². The van der Waals surface area contributed by atoms with E-state index in [9.17, 15) is 4.79 Å². The van der Waals surface area contributed by atoms with E-state index in [-0.39, 0.29) is 5.78 Å². The highest BCUT2D eigenvalue weighted by molar-refractivity contribution is 7.99. The van der Waals surface area contributed by atoms with Crippen molar-refractivity contribution in [3.05, 3.63) is 83.9 Å². The third-order valence-electron chi connectivity index (χ3n) is 3.79. The largest absolute Gasteiger partial charge is 0.455 e. The van der Waals surface area contributed by atoms with Gasteiger partial charge in [0.2, 0.25) is 0 Å². The minimum Gasteiger partial charge on any atom is -0.455 e. The molecule has 0 fully saturated rings. The van der Waals surface area contributed by atoms with Crippen LogP contribution in [0.3, 0.4) is 0 Å². The number of fused-ring (bicyclic) bond motifs is 2. The Morgan fingerprint density at radius 2 is 1.57 bits per heavy atom. The second kappa shape index (κ2) is 5.94. The zero-order chi connectivity index (χ0) is 15.6. The minimum atomic E-state index is 0.103. The van der Waals surface area contributed by atoms with Gasteiger partial charge in [-0.2, -0.15) is 0 Å². The molecule has 0 saturated carbocycles. The maximum atomic E-state index is 12.5. The van der Waals surface area contributed by atoms with Gasteiger partial charge in [-0.3, -0.25) is 4.79 Å². The number of rotatable bonds is 3. The van der Waals surface area contributed by atoms with Crippen molar-refractivity contribution in [3.63, 3.8) is 0 Å². The number of carbonyl (C=O) groups is 1. The fourth-order valence-electron chi connectivity index (χ4n) is 2.64. The Hall–Kier alpha value is -2.52. The Balaban J connectivity index is 1.66. The number of Topliss-reactive ketones (excluding diaryl/α,β-unsaturated/α-hetero) is 1. The quantitative estimate of drug-likeness (QED) is 0.475. The molecule has 112 valence electrons. The fourth-order valence-corrected chi connectivity index (χ4v) is 3.65. The van der Waals surface area contributed by atoms with E-state index < -0.39 is 0 Å². The highest BCUT2D eigenvalue weighted by Crippen LogP contribution is 2.48. The number of ether oxygens (including phenoxy) is 1. The first-order valence-electron chi connectivity index (χ1n) is 7.46. The molecule has 4 rings (SSSR count). The van der Waals surface area contributed by atoms with Crippen LogP contribution in [0.5, 0.6) is 11.5 Å². The number of hydrogen-bond donors (Lipinski definition) is 0. The first-order valence-corrected chi connectivity index (χ1v) is 8.28. The van der Waals surface area contributed by atoms with E-state index in [0.29, 0.717) is 6.42 Å². The van der Waals surface area contributed by atoms with Crippen LogP contribution in [0.4, 0.5) is 0 Å². The molecule has 23 heavy (non-hydrogen) atoms. The standard InChI is InChI=1S/C20H14O2S/c21-16(14-7-2-1-3-8-14)13-15-9-6-12-19-20(15)22-17-10-4-5-11-18(17)23-19/h1-12H,13H2. The molecule has 0 unspecified atom stereocenters. The Kier molecular flexibility index (Phi) is 3.64. The summed E-state index contributed by atoms with van der Waals surface area (Å²) < 4.78 is 6.07. The van der Waals surface area contributed by atoms with Gasteiger partial charge >= 0.3 is 0 Å². The first-order chi connectivity index (χ1) is 11.3. The van der Waals surface area contributed by atoms with Crippen molar-refractivity contribution in [2.75, 3.05) is 0 Å². The third kappa shape index (κ3) is 2.76. The third-order valence-corrected chi connectivity index (χ3v) is 4.89. The van der Waals surface area contributed by atoms with Gasteiger partial charge in [-0.25, -0.2) is 0 Å². The van der Waals surface area contributed by atoms with Gasteiger partial charge < -0.3 is 4.74 Å². The van der Waals surface area contributed by atoms with Gasteiger partial charge in [-0.15, -0.1) is 0 Å². The maximum Gasteiger partial charge on any atom is 0.167 e. The van der Waals surface area contributed by atoms with Crippen LogP contribution >= 0.6 is 11.8 Å². The monoisotopic (exact) mass is 318 g/mol. The predicted molar refractivity (Wildman–Crippen MR) is 91.6 cm³/mol. The Bertz CT molecular complexity index is 872. The van der Waals surface area contributed by atoms with Crippen molar-refractivity contribution in [1.29, 1.82) is 0 Å². The van der Waals surface area contributed by atoms with Gasteiger partial charge in [0.1, 0.15) is 11.5 Å². The van der Waals surface area contributed by atoms with E-state index in [1.54, 1.807) is 11.8 Å². The van der Waals surface area contributed by atoms with Crippen LogP contribution in [0.15, 0.2) is 82.6 Å². The van der Waals surface area contributed by atoms with E-state index in [2.05, 4.69) is 0 Å². The predicted octanol–water partition coefficient (Wildman–Crippen LogP) is 5.37. The summed E-state index contributed by atoms with van der Waals surface area (Å²) in [4.78, 5) is 14.6. The highest BCUT2D eigenvalue weighted by Gasteiger charge is 2.21. The van der Waals surface area contributed by atoms with Crippen LogP contribution in [0.2, 0.25) is 0 Å². The molecular weight excluding hydrogens is 304 g/mol. The molecular formula is C20H14O2S. The second-order valence-electron chi connectivity index (χ2n) is 5.36. The van der Waals surface area contributed by atoms with Gasteiger partial charge in [-0.05, 0) is 18.2 Å². The Morgan fingerprint density at radius 3 is 2.43 bits per heavy atom. The minimum absolute atomic E-state index is 0.103.